The van der Waals surface area contributed by atoms with Gasteiger partial charge in [-0.15, -0.1) is 0 Å². The molecule has 100 valence electrons. The van der Waals surface area contributed by atoms with Gasteiger partial charge in [0.1, 0.15) is 0 Å². The average Bonchev–Trinajstić information content (AvgIpc) is 2.69. The van der Waals surface area contributed by atoms with Crippen LogP contribution in [0.5, 0.6) is 0 Å². The Morgan fingerprint density at radius 1 is 1.42 bits per heavy atom. The molecule has 0 atom stereocenters. The van der Waals surface area contributed by atoms with Crippen LogP contribution < -0.4 is 11.1 Å². The number of hydrogen-bond acceptors (Lipinski definition) is 3. The number of carbonyl (C=O) groups excluding carboxylic acids is 1. The Kier molecular flexibility index (Phi) is 4.06. The first-order valence-corrected chi connectivity index (χ1v) is 6.27. The van der Waals surface area contributed by atoms with E-state index in [1.165, 1.54) is 0 Å². The van der Waals surface area contributed by atoms with E-state index in [0.717, 1.165) is 11.4 Å². The molecule has 6 heteroatoms. The summed E-state index contributed by atoms with van der Waals surface area (Å²) in [6.45, 7) is 2.32. The third-order valence-corrected chi connectivity index (χ3v) is 3.02. The molecule has 1 aromatic heterocycles. The lowest BCUT2D eigenvalue weighted by atomic mass is 10.3. The third kappa shape index (κ3) is 3.72. The molecule has 2 aromatic rings. The first-order valence-electron chi connectivity index (χ1n) is 5.89. The number of carbonyl (C=O) groups is 1. The maximum atomic E-state index is 11.7. The van der Waals surface area contributed by atoms with Crippen LogP contribution in [-0.2, 0) is 11.3 Å². The second kappa shape index (κ2) is 5.75. The molecule has 0 fully saturated rings. The standard InChI is InChI=1S/C13H15ClN4O/c1-9-12(14)8-18(17-9)7-6-13(19)16-11-4-2-10(15)3-5-11/h2-5,8H,6-7,15H2,1H3,(H,16,19). The predicted octanol–water partition coefficient (Wildman–Crippen LogP) is 2.46. The van der Waals surface area contributed by atoms with E-state index in [2.05, 4.69) is 10.4 Å². The van der Waals surface area contributed by atoms with Crippen LogP contribution in [-0.4, -0.2) is 15.7 Å². The van der Waals surface area contributed by atoms with Crippen molar-refractivity contribution in [2.24, 2.45) is 0 Å². The second-order valence-corrected chi connectivity index (χ2v) is 4.65. The first-order chi connectivity index (χ1) is 9.04. The van der Waals surface area contributed by atoms with Crippen LogP contribution in [0.15, 0.2) is 30.5 Å². The van der Waals surface area contributed by atoms with Gasteiger partial charge in [-0.1, -0.05) is 11.6 Å². The molecule has 0 radical (unpaired) electrons. The minimum atomic E-state index is -0.0750. The van der Waals surface area contributed by atoms with Gasteiger partial charge in [0.2, 0.25) is 5.91 Å². The van der Waals surface area contributed by atoms with Gasteiger partial charge in [0.25, 0.3) is 0 Å². The maximum Gasteiger partial charge on any atom is 0.226 e. The lowest BCUT2D eigenvalue weighted by Crippen LogP contribution is -2.14. The fourth-order valence-corrected chi connectivity index (χ4v) is 1.76. The molecule has 0 saturated heterocycles. The summed E-state index contributed by atoms with van der Waals surface area (Å²) in [5.41, 5.74) is 7.73. The van der Waals surface area contributed by atoms with Crippen molar-refractivity contribution in [1.29, 1.82) is 0 Å². The summed E-state index contributed by atoms with van der Waals surface area (Å²) in [6, 6.07) is 7.02. The summed E-state index contributed by atoms with van der Waals surface area (Å²) in [6.07, 6.45) is 2.05. The highest BCUT2D eigenvalue weighted by atomic mass is 35.5. The molecular formula is C13H15ClN4O. The van der Waals surface area contributed by atoms with Crippen molar-refractivity contribution in [3.05, 3.63) is 41.2 Å². The van der Waals surface area contributed by atoms with E-state index in [0.29, 0.717) is 23.7 Å². The first kappa shape index (κ1) is 13.4. The van der Waals surface area contributed by atoms with E-state index in [1.54, 1.807) is 35.1 Å². The molecule has 0 aliphatic carbocycles. The summed E-state index contributed by atoms with van der Waals surface area (Å²) in [5.74, 6) is -0.0750. The number of nitrogens with two attached hydrogens (primary N) is 1. The summed E-state index contributed by atoms with van der Waals surface area (Å²) in [7, 11) is 0. The van der Waals surface area contributed by atoms with Gasteiger partial charge in [0.15, 0.2) is 0 Å². The Morgan fingerprint density at radius 2 is 2.11 bits per heavy atom. The van der Waals surface area contributed by atoms with Crippen molar-refractivity contribution in [1.82, 2.24) is 9.78 Å². The van der Waals surface area contributed by atoms with Crippen molar-refractivity contribution >= 4 is 28.9 Å². The molecule has 0 aliphatic rings. The molecule has 0 saturated carbocycles. The number of aryl methyl sites for hydroxylation is 2. The van der Waals surface area contributed by atoms with Gasteiger partial charge in [-0.2, -0.15) is 5.10 Å². The number of amides is 1. The zero-order valence-electron chi connectivity index (χ0n) is 10.6. The zero-order chi connectivity index (χ0) is 13.8. The fourth-order valence-electron chi connectivity index (χ4n) is 1.61. The fraction of sp³-hybridized carbons (Fsp3) is 0.231. The largest absolute Gasteiger partial charge is 0.399 e. The number of nitrogens with zero attached hydrogens (tertiary/aromatic N) is 2. The Labute approximate surface area is 116 Å². The molecule has 1 heterocycles. The van der Waals surface area contributed by atoms with Crippen molar-refractivity contribution in [3.63, 3.8) is 0 Å². The summed E-state index contributed by atoms with van der Waals surface area (Å²) >= 11 is 5.89. The number of hydrogen-bond donors (Lipinski definition) is 2. The SMILES string of the molecule is Cc1nn(CCC(=O)Nc2ccc(N)cc2)cc1Cl. The van der Waals surface area contributed by atoms with Crippen molar-refractivity contribution in [2.75, 3.05) is 11.1 Å². The number of benzene rings is 1. The van der Waals surface area contributed by atoms with Gasteiger partial charge < -0.3 is 11.1 Å². The quantitative estimate of drug-likeness (QED) is 0.844. The molecule has 5 nitrogen and oxygen atoms in total. The predicted molar refractivity (Wildman–Crippen MR) is 76.1 cm³/mol. The zero-order valence-corrected chi connectivity index (χ0v) is 11.3. The summed E-state index contributed by atoms with van der Waals surface area (Å²) in [4.78, 5) is 11.7. The topological polar surface area (TPSA) is 72.9 Å². The normalized spacial score (nSPS) is 10.4. The number of anilines is 2. The van der Waals surface area contributed by atoms with Crippen molar-refractivity contribution in [2.45, 2.75) is 19.9 Å². The Morgan fingerprint density at radius 3 is 2.68 bits per heavy atom. The smallest absolute Gasteiger partial charge is 0.226 e. The highest BCUT2D eigenvalue weighted by molar-refractivity contribution is 6.31. The van der Waals surface area contributed by atoms with Crippen LogP contribution in [0.1, 0.15) is 12.1 Å². The number of nitrogen functional groups attached to an aromatic ring is 1. The molecule has 2 rings (SSSR count). The molecule has 0 spiro atoms. The maximum absolute atomic E-state index is 11.7. The molecule has 3 N–H and O–H groups in total. The molecule has 0 bridgehead atoms. The average molecular weight is 279 g/mol. The molecule has 0 unspecified atom stereocenters. The van der Waals surface area contributed by atoms with Gasteiger partial charge >= 0.3 is 0 Å². The van der Waals surface area contributed by atoms with Gasteiger partial charge in [0, 0.05) is 30.5 Å². The molecule has 1 amide bonds. The van der Waals surface area contributed by atoms with Gasteiger partial charge in [-0.05, 0) is 31.2 Å². The molecule has 19 heavy (non-hydrogen) atoms. The van der Waals surface area contributed by atoms with Crippen LogP contribution in [0.3, 0.4) is 0 Å². The highest BCUT2D eigenvalue weighted by Crippen LogP contribution is 2.13. The van der Waals surface area contributed by atoms with E-state index in [1.807, 2.05) is 6.92 Å². The third-order valence-electron chi connectivity index (χ3n) is 2.65. The summed E-state index contributed by atoms with van der Waals surface area (Å²) < 4.78 is 1.67. The number of aromatic nitrogens is 2. The number of rotatable bonds is 4. The van der Waals surface area contributed by atoms with Crippen molar-refractivity contribution < 1.29 is 4.79 Å². The Balaban J connectivity index is 1.86. The highest BCUT2D eigenvalue weighted by Gasteiger charge is 2.05. The summed E-state index contributed by atoms with van der Waals surface area (Å²) in [5, 5.41) is 7.59. The van der Waals surface area contributed by atoms with E-state index < -0.39 is 0 Å². The minimum absolute atomic E-state index is 0.0750. The van der Waals surface area contributed by atoms with E-state index in [9.17, 15) is 4.79 Å². The lowest BCUT2D eigenvalue weighted by molar-refractivity contribution is -0.116. The monoisotopic (exact) mass is 278 g/mol. The molecular weight excluding hydrogens is 264 g/mol. The number of nitrogens with one attached hydrogen (secondary N) is 1. The minimum Gasteiger partial charge on any atom is -0.399 e. The van der Waals surface area contributed by atoms with Crippen LogP contribution >= 0.6 is 11.6 Å². The molecule has 1 aromatic carbocycles. The van der Waals surface area contributed by atoms with Crippen molar-refractivity contribution in [3.8, 4) is 0 Å². The van der Waals surface area contributed by atoms with E-state index in [-0.39, 0.29) is 5.91 Å². The lowest BCUT2D eigenvalue weighted by Gasteiger charge is -2.05. The number of halogens is 1. The van der Waals surface area contributed by atoms with Crippen LogP contribution in [0.2, 0.25) is 5.02 Å². The second-order valence-electron chi connectivity index (χ2n) is 4.25. The van der Waals surface area contributed by atoms with Gasteiger partial charge in [-0.3, -0.25) is 9.48 Å². The Hall–Kier alpha value is -2.01. The van der Waals surface area contributed by atoms with Gasteiger partial charge in [-0.25, -0.2) is 0 Å². The van der Waals surface area contributed by atoms with Crippen LogP contribution in [0.4, 0.5) is 11.4 Å². The molecule has 0 aliphatic heterocycles. The van der Waals surface area contributed by atoms with Crippen LogP contribution in [0, 0.1) is 6.92 Å². The van der Waals surface area contributed by atoms with Gasteiger partial charge in [0.05, 0.1) is 10.7 Å². The van der Waals surface area contributed by atoms with Crippen LogP contribution in [0.25, 0.3) is 0 Å². The van der Waals surface area contributed by atoms with E-state index >= 15 is 0 Å². The van der Waals surface area contributed by atoms with E-state index in [4.69, 9.17) is 17.3 Å². The Bertz CT molecular complexity index is 557.